The summed E-state index contributed by atoms with van der Waals surface area (Å²) in [4.78, 5) is 11.7. The molecule has 1 heterocycles. The molecule has 1 N–H and O–H groups in total. The van der Waals surface area contributed by atoms with Crippen LogP contribution in [0.5, 0.6) is 11.5 Å². The van der Waals surface area contributed by atoms with E-state index in [0.717, 1.165) is 12.0 Å². The van der Waals surface area contributed by atoms with E-state index in [2.05, 4.69) is 0 Å². The molecular formula is C15H17ClO4. The van der Waals surface area contributed by atoms with Gasteiger partial charge in [-0.2, -0.15) is 0 Å². The molecule has 1 atom stereocenters. The number of halogens is 1. The quantitative estimate of drug-likeness (QED) is 0.931. The van der Waals surface area contributed by atoms with E-state index in [-0.39, 0.29) is 6.10 Å². The lowest BCUT2D eigenvalue weighted by Gasteiger charge is -2.39. The number of ether oxygens (including phenoxy) is 2. The fraction of sp³-hybridized carbons (Fsp3) is 0.533. The molecule has 0 aromatic heterocycles. The zero-order valence-electron chi connectivity index (χ0n) is 11.5. The first-order valence-electron chi connectivity index (χ1n) is 6.79. The van der Waals surface area contributed by atoms with Gasteiger partial charge in [0.25, 0.3) is 0 Å². The van der Waals surface area contributed by atoms with Gasteiger partial charge in [0.05, 0.1) is 17.5 Å². The summed E-state index contributed by atoms with van der Waals surface area (Å²) in [5.74, 6) is 0.435. The maximum atomic E-state index is 11.7. The first-order chi connectivity index (χ1) is 9.49. The zero-order valence-corrected chi connectivity index (χ0v) is 12.3. The Morgan fingerprint density at radius 3 is 2.75 bits per heavy atom. The lowest BCUT2D eigenvalue weighted by molar-refractivity contribution is -0.147. The minimum Gasteiger partial charge on any atom is -0.493 e. The van der Waals surface area contributed by atoms with Crippen LogP contribution in [0.15, 0.2) is 6.07 Å². The zero-order chi connectivity index (χ0) is 14.5. The van der Waals surface area contributed by atoms with Crippen molar-refractivity contribution in [1.29, 1.82) is 0 Å². The summed E-state index contributed by atoms with van der Waals surface area (Å²) in [6, 6.07) is 1.74. The van der Waals surface area contributed by atoms with Gasteiger partial charge in [-0.25, -0.2) is 0 Å². The van der Waals surface area contributed by atoms with Crippen molar-refractivity contribution in [1.82, 2.24) is 0 Å². The van der Waals surface area contributed by atoms with Crippen molar-refractivity contribution in [2.45, 2.75) is 44.1 Å². The number of hydrogen-bond donors (Lipinski definition) is 1. The normalized spacial score (nSPS) is 22.6. The lowest BCUT2D eigenvalue weighted by atomic mass is 9.64. The first kappa shape index (κ1) is 13.6. The molecule has 2 aliphatic rings. The number of fused-ring (bicyclic) bond motifs is 1. The Labute approximate surface area is 122 Å². The number of carbonyl (C=O) groups is 1. The monoisotopic (exact) mass is 296 g/mol. The summed E-state index contributed by atoms with van der Waals surface area (Å²) in [5, 5.41) is 10.1. The molecule has 5 heteroatoms. The van der Waals surface area contributed by atoms with Crippen LogP contribution in [0.4, 0.5) is 0 Å². The molecule has 108 valence electrons. The third-order valence-electron chi connectivity index (χ3n) is 4.44. The van der Waals surface area contributed by atoms with E-state index in [9.17, 15) is 9.90 Å². The van der Waals surface area contributed by atoms with Crippen LogP contribution < -0.4 is 9.47 Å². The van der Waals surface area contributed by atoms with Crippen molar-refractivity contribution in [2.75, 3.05) is 7.11 Å². The summed E-state index contributed by atoms with van der Waals surface area (Å²) < 4.78 is 11.1. The average Bonchev–Trinajstić information content (AvgIpc) is 2.72. The van der Waals surface area contributed by atoms with Crippen molar-refractivity contribution < 1.29 is 19.4 Å². The fourth-order valence-corrected chi connectivity index (χ4v) is 3.54. The number of hydrogen-bond acceptors (Lipinski definition) is 3. The van der Waals surface area contributed by atoms with E-state index < -0.39 is 11.4 Å². The highest BCUT2D eigenvalue weighted by Gasteiger charge is 2.48. The maximum Gasteiger partial charge on any atom is 0.314 e. The Morgan fingerprint density at radius 2 is 2.25 bits per heavy atom. The molecule has 0 amide bonds. The third-order valence-corrected chi connectivity index (χ3v) is 4.87. The summed E-state index contributed by atoms with van der Waals surface area (Å²) in [6.45, 7) is 1.96. The van der Waals surface area contributed by atoms with Crippen LogP contribution in [0.1, 0.15) is 37.3 Å². The molecule has 0 spiro atoms. The highest BCUT2D eigenvalue weighted by Crippen LogP contribution is 2.52. The van der Waals surface area contributed by atoms with Gasteiger partial charge in [0.15, 0.2) is 11.5 Å². The number of carboxylic acids is 1. The summed E-state index contributed by atoms with van der Waals surface area (Å²) in [6.07, 6.45) is 2.89. The van der Waals surface area contributed by atoms with E-state index in [1.807, 2.05) is 6.92 Å². The fourth-order valence-electron chi connectivity index (χ4n) is 3.14. The van der Waals surface area contributed by atoms with Crippen LogP contribution in [0.2, 0.25) is 5.02 Å². The molecule has 1 aromatic rings. The van der Waals surface area contributed by atoms with Crippen LogP contribution >= 0.6 is 11.6 Å². The number of rotatable bonds is 3. The standard InChI is InChI=1S/C15H17ClO4/c1-8-6-9-12(16)10(7-11(19-2)13(9)20-8)15(14(17)18)4-3-5-15/h7-8H,3-6H2,1-2H3,(H,17,18). The second kappa shape index (κ2) is 4.55. The van der Waals surface area contributed by atoms with E-state index >= 15 is 0 Å². The second-order valence-electron chi connectivity index (χ2n) is 5.62. The van der Waals surface area contributed by atoms with Crippen LogP contribution in [0.25, 0.3) is 0 Å². The van der Waals surface area contributed by atoms with Gasteiger partial charge in [0.2, 0.25) is 0 Å². The maximum absolute atomic E-state index is 11.7. The topological polar surface area (TPSA) is 55.8 Å². The number of carboxylic acid groups (broad SMARTS) is 1. The van der Waals surface area contributed by atoms with Crippen molar-refractivity contribution in [3.63, 3.8) is 0 Å². The van der Waals surface area contributed by atoms with Crippen LogP contribution in [0, 0.1) is 0 Å². The Kier molecular flexibility index (Phi) is 3.09. The minimum atomic E-state index is -0.856. The number of methoxy groups -OCH3 is 1. The van der Waals surface area contributed by atoms with Gasteiger partial charge >= 0.3 is 5.97 Å². The summed E-state index contributed by atoms with van der Waals surface area (Å²) in [7, 11) is 1.56. The van der Waals surface area contributed by atoms with Crippen LogP contribution in [-0.2, 0) is 16.6 Å². The Morgan fingerprint density at radius 1 is 1.55 bits per heavy atom. The van der Waals surface area contributed by atoms with E-state index in [1.54, 1.807) is 13.2 Å². The van der Waals surface area contributed by atoms with E-state index in [1.165, 1.54) is 0 Å². The molecule has 1 aliphatic heterocycles. The van der Waals surface area contributed by atoms with Crippen molar-refractivity contribution in [2.24, 2.45) is 0 Å². The molecule has 3 rings (SSSR count). The van der Waals surface area contributed by atoms with Gasteiger partial charge in [-0.15, -0.1) is 0 Å². The highest BCUT2D eigenvalue weighted by atomic mass is 35.5. The predicted molar refractivity (Wildman–Crippen MR) is 75.0 cm³/mol. The van der Waals surface area contributed by atoms with Crippen LogP contribution in [-0.4, -0.2) is 24.3 Å². The van der Waals surface area contributed by atoms with Gasteiger partial charge in [-0.3, -0.25) is 4.79 Å². The molecule has 1 unspecified atom stereocenters. The van der Waals surface area contributed by atoms with Crippen molar-refractivity contribution in [3.05, 3.63) is 22.2 Å². The second-order valence-corrected chi connectivity index (χ2v) is 6.00. The first-order valence-corrected chi connectivity index (χ1v) is 7.17. The average molecular weight is 297 g/mol. The SMILES string of the molecule is COc1cc(C2(C(=O)O)CCC2)c(Cl)c2c1OC(C)C2. The number of aliphatic carboxylic acids is 1. The van der Waals surface area contributed by atoms with Crippen molar-refractivity contribution >= 4 is 17.6 Å². The smallest absolute Gasteiger partial charge is 0.314 e. The van der Waals surface area contributed by atoms with Crippen molar-refractivity contribution in [3.8, 4) is 11.5 Å². The van der Waals surface area contributed by atoms with Gasteiger partial charge in [-0.05, 0) is 31.4 Å². The minimum absolute atomic E-state index is 0.0359. The van der Waals surface area contributed by atoms with E-state index in [4.69, 9.17) is 21.1 Å². The largest absolute Gasteiger partial charge is 0.493 e. The Balaban J connectivity index is 2.18. The van der Waals surface area contributed by atoms with Crippen LogP contribution in [0.3, 0.4) is 0 Å². The molecule has 20 heavy (non-hydrogen) atoms. The molecule has 1 aromatic carbocycles. The van der Waals surface area contributed by atoms with E-state index in [0.29, 0.717) is 41.3 Å². The highest BCUT2D eigenvalue weighted by molar-refractivity contribution is 6.33. The lowest BCUT2D eigenvalue weighted by Crippen LogP contribution is -2.42. The van der Waals surface area contributed by atoms with Gasteiger partial charge in [0.1, 0.15) is 6.10 Å². The molecule has 1 saturated carbocycles. The Hall–Kier alpha value is -1.42. The molecular weight excluding hydrogens is 280 g/mol. The summed E-state index contributed by atoms with van der Waals surface area (Å²) in [5.41, 5.74) is 0.692. The Bertz CT molecular complexity index is 578. The summed E-state index contributed by atoms with van der Waals surface area (Å²) >= 11 is 6.49. The molecule has 0 saturated heterocycles. The van der Waals surface area contributed by atoms with Gasteiger partial charge in [-0.1, -0.05) is 18.0 Å². The number of benzene rings is 1. The van der Waals surface area contributed by atoms with Gasteiger partial charge < -0.3 is 14.6 Å². The molecule has 0 bridgehead atoms. The molecule has 0 radical (unpaired) electrons. The predicted octanol–water partition coefficient (Wildman–Crippen LogP) is 3.18. The third kappa shape index (κ3) is 1.71. The molecule has 1 aliphatic carbocycles. The van der Waals surface area contributed by atoms with Gasteiger partial charge in [0, 0.05) is 12.0 Å². The molecule has 1 fully saturated rings. The molecule has 4 nitrogen and oxygen atoms in total.